The molecule has 0 aliphatic heterocycles. The van der Waals surface area contributed by atoms with Crippen LogP contribution in [-0.4, -0.2) is 24.7 Å². The second-order valence-corrected chi connectivity index (χ2v) is 5.20. The van der Waals surface area contributed by atoms with Gasteiger partial charge in [0.2, 0.25) is 0 Å². The van der Waals surface area contributed by atoms with Gasteiger partial charge in [-0.1, -0.05) is 33.6 Å². The summed E-state index contributed by atoms with van der Waals surface area (Å²) in [6.45, 7) is 9.14. The maximum absolute atomic E-state index is 3.74. The molecule has 0 bridgehead atoms. The molecule has 1 aliphatic rings. The average Bonchev–Trinajstić information content (AvgIpc) is 2.83. The van der Waals surface area contributed by atoms with Crippen LogP contribution in [0.1, 0.15) is 65.7 Å². The highest BCUT2D eigenvalue weighted by Crippen LogP contribution is 2.19. The lowest BCUT2D eigenvalue weighted by atomic mass is 9.90. The number of hydrogen-bond donors (Lipinski definition) is 2. The van der Waals surface area contributed by atoms with Crippen LogP contribution in [0, 0.1) is 0 Å². The maximum atomic E-state index is 3.74. The molecule has 1 aliphatic carbocycles. The number of hydrogen-bond acceptors (Lipinski definition) is 2. The van der Waals surface area contributed by atoms with Crippen LogP contribution in [0.15, 0.2) is 0 Å². The van der Waals surface area contributed by atoms with Crippen LogP contribution in [0.25, 0.3) is 0 Å². The standard InChI is InChI=1S/C14H30N2/c1-4-14(5-2,6-3)16-12-11-15-13-9-7-8-10-13/h13,15-16H,4-12H2,1-3H3. The Balaban J connectivity index is 2.12. The Morgan fingerprint density at radius 2 is 1.50 bits per heavy atom. The van der Waals surface area contributed by atoms with E-state index in [1.165, 1.54) is 44.9 Å². The van der Waals surface area contributed by atoms with Gasteiger partial charge in [0, 0.05) is 24.7 Å². The van der Waals surface area contributed by atoms with Crippen molar-refractivity contribution in [2.24, 2.45) is 0 Å². The zero-order chi connectivity index (χ0) is 11.9. The summed E-state index contributed by atoms with van der Waals surface area (Å²) in [6.07, 6.45) is 9.35. The quantitative estimate of drug-likeness (QED) is 0.622. The van der Waals surface area contributed by atoms with Crippen LogP contribution in [0.2, 0.25) is 0 Å². The van der Waals surface area contributed by atoms with Crippen LogP contribution in [0.3, 0.4) is 0 Å². The lowest BCUT2D eigenvalue weighted by Gasteiger charge is -2.32. The van der Waals surface area contributed by atoms with Gasteiger partial charge in [-0.05, 0) is 32.1 Å². The van der Waals surface area contributed by atoms with Gasteiger partial charge in [-0.25, -0.2) is 0 Å². The fourth-order valence-corrected chi connectivity index (χ4v) is 2.86. The van der Waals surface area contributed by atoms with E-state index < -0.39 is 0 Å². The third kappa shape index (κ3) is 4.06. The summed E-state index contributed by atoms with van der Waals surface area (Å²) in [7, 11) is 0. The molecular weight excluding hydrogens is 196 g/mol. The summed E-state index contributed by atoms with van der Waals surface area (Å²) >= 11 is 0. The smallest absolute Gasteiger partial charge is 0.0174 e. The largest absolute Gasteiger partial charge is 0.313 e. The molecule has 1 rings (SSSR count). The third-order valence-corrected chi connectivity index (χ3v) is 4.44. The lowest BCUT2D eigenvalue weighted by molar-refractivity contribution is 0.288. The summed E-state index contributed by atoms with van der Waals surface area (Å²) in [5, 5.41) is 7.41. The van der Waals surface area contributed by atoms with Crippen molar-refractivity contribution in [2.45, 2.75) is 77.3 Å². The number of nitrogens with one attached hydrogen (secondary N) is 2. The van der Waals surface area contributed by atoms with E-state index in [0.717, 1.165) is 19.1 Å². The van der Waals surface area contributed by atoms with Crippen molar-refractivity contribution in [1.29, 1.82) is 0 Å². The molecule has 0 spiro atoms. The zero-order valence-electron chi connectivity index (χ0n) is 11.4. The third-order valence-electron chi connectivity index (χ3n) is 4.44. The van der Waals surface area contributed by atoms with Crippen molar-refractivity contribution in [3.63, 3.8) is 0 Å². The van der Waals surface area contributed by atoms with Gasteiger partial charge >= 0.3 is 0 Å². The van der Waals surface area contributed by atoms with E-state index >= 15 is 0 Å². The van der Waals surface area contributed by atoms with Crippen molar-refractivity contribution < 1.29 is 0 Å². The molecule has 1 saturated carbocycles. The molecule has 0 heterocycles. The van der Waals surface area contributed by atoms with Crippen LogP contribution < -0.4 is 10.6 Å². The van der Waals surface area contributed by atoms with Gasteiger partial charge in [-0.3, -0.25) is 0 Å². The van der Waals surface area contributed by atoms with Crippen molar-refractivity contribution in [3.8, 4) is 0 Å². The van der Waals surface area contributed by atoms with E-state index in [1.807, 2.05) is 0 Å². The van der Waals surface area contributed by atoms with Crippen molar-refractivity contribution in [2.75, 3.05) is 13.1 Å². The van der Waals surface area contributed by atoms with Gasteiger partial charge in [0.05, 0.1) is 0 Å². The topological polar surface area (TPSA) is 24.1 Å². The molecular formula is C14H30N2. The fourth-order valence-electron chi connectivity index (χ4n) is 2.86. The maximum Gasteiger partial charge on any atom is 0.0174 e. The molecule has 0 radical (unpaired) electrons. The predicted octanol–water partition coefficient (Wildman–Crippen LogP) is 3.08. The Morgan fingerprint density at radius 1 is 0.938 bits per heavy atom. The second-order valence-electron chi connectivity index (χ2n) is 5.20. The van der Waals surface area contributed by atoms with Gasteiger partial charge in [-0.2, -0.15) is 0 Å². The van der Waals surface area contributed by atoms with E-state index in [2.05, 4.69) is 31.4 Å². The minimum Gasteiger partial charge on any atom is -0.313 e. The summed E-state index contributed by atoms with van der Waals surface area (Å²) < 4.78 is 0. The number of rotatable bonds is 8. The minimum absolute atomic E-state index is 0.386. The zero-order valence-corrected chi connectivity index (χ0v) is 11.4. The van der Waals surface area contributed by atoms with Crippen LogP contribution in [-0.2, 0) is 0 Å². The van der Waals surface area contributed by atoms with Gasteiger partial charge in [0.1, 0.15) is 0 Å². The van der Waals surface area contributed by atoms with E-state index in [-0.39, 0.29) is 0 Å². The molecule has 0 atom stereocenters. The van der Waals surface area contributed by atoms with E-state index in [4.69, 9.17) is 0 Å². The SMILES string of the molecule is CCC(CC)(CC)NCCNC1CCCC1. The molecule has 0 unspecified atom stereocenters. The average molecular weight is 226 g/mol. The highest BCUT2D eigenvalue weighted by molar-refractivity contribution is 4.84. The van der Waals surface area contributed by atoms with E-state index in [9.17, 15) is 0 Å². The molecule has 0 amide bonds. The van der Waals surface area contributed by atoms with Gasteiger partial charge in [0.25, 0.3) is 0 Å². The molecule has 0 aromatic rings. The van der Waals surface area contributed by atoms with Crippen molar-refractivity contribution >= 4 is 0 Å². The summed E-state index contributed by atoms with van der Waals surface area (Å²) in [5.74, 6) is 0. The molecule has 0 aromatic carbocycles. The summed E-state index contributed by atoms with van der Waals surface area (Å²) in [5.41, 5.74) is 0.386. The highest BCUT2D eigenvalue weighted by Gasteiger charge is 2.22. The molecule has 2 nitrogen and oxygen atoms in total. The first-order chi connectivity index (χ1) is 7.76. The highest BCUT2D eigenvalue weighted by atomic mass is 15.0. The Labute approximate surface area is 102 Å². The molecule has 1 fully saturated rings. The lowest BCUT2D eigenvalue weighted by Crippen LogP contribution is -2.47. The Kier molecular flexibility index (Phi) is 6.37. The minimum atomic E-state index is 0.386. The first kappa shape index (κ1) is 14.0. The Morgan fingerprint density at radius 3 is 2.00 bits per heavy atom. The van der Waals surface area contributed by atoms with Gasteiger partial charge in [0.15, 0.2) is 0 Å². The van der Waals surface area contributed by atoms with Gasteiger partial charge in [-0.15, -0.1) is 0 Å². The Bertz CT molecular complexity index is 161. The first-order valence-electron chi connectivity index (χ1n) is 7.24. The first-order valence-corrected chi connectivity index (χ1v) is 7.24. The molecule has 16 heavy (non-hydrogen) atoms. The summed E-state index contributed by atoms with van der Waals surface area (Å²) in [4.78, 5) is 0. The molecule has 0 aromatic heterocycles. The molecule has 2 heteroatoms. The molecule has 0 saturated heterocycles. The molecule has 2 N–H and O–H groups in total. The van der Waals surface area contributed by atoms with Crippen molar-refractivity contribution in [1.82, 2.24) is 10.6 Å². The van der Waals surface area contributed by atoms with Crippen LogP contribution in [0.5, 0.6) is 0 Å². The van der Waals surface area contributed by atoms with Gasteiger partial charge < -0.3 is 10.6 Å². The predicted molar refractivity (Wildman–Crippen MR) is 71.9 cm³/mol. The fraction of sp³-hybridized carbons (Fsp3) is 1.00. The normalized spacial score (nSPS) is 18.2. The molecule has 96 valence electrons. The van der Waals surface area contributed by atoms with Crippen LogP contribution in [0.4, 0.5) is 0 Å². The van der Waals surface area contributed by atoms with E-state index in [1.54, 1.807) is 0 Å². The van der Waals surface area contributed by atoms with E-state index in [0.29, 0.717) is 5.54 Å². The van der Waals surface area contributed by atoms with Crippen molar-refractivity contribution in [3.05, 3.63) is 0 Å². The Hall–Kier alpha value is -0.0800. The van der Waals surface area contributed by atoms with Crippen LogP contribution >= 0.6 is 0 Å². The monoisotopic (exact) mass is 226 g/mol. The summed E-state index contributed by atoms with van der Waals surface area (Å²) in [6, 6.07) is 0.807. The second kappa shape index (κ2) is 7.29.